The van der Waals surface area contributed by atoms with Crippen LogP contribution in [0.15, 0.2) is 6.07 Å². The second-order valence-corrected chi connectivity index (χ2v) is 5.06. The van der Waals surface area contributed by atoms with Crippen molar-refractivity contribution in [3.8, 4) is 0 Å². The normalized spacial score (nSPS) is 16.7. The van der Waals surface area contributed by atoms with Crippen molar-refractivity contribution in [2.24, 2.45) is 0 Å². The highest BCUT2D eigenvalue weighted by molar-refractivity contribution is 5.36. The van der Waals surface area contributed by atoms with Gasteiger partial charge in [-0.15, -0.1) is 0 Å². The van der Waals surface area contributed by atoms with Crippen molar-refractivity contribution in [1.29, 1.82) is 0 Å². The number of nitrogens with one attached hydrogen (secondary N) is 1. The fraction of sp³-hybridized carbons (Fsp3) is 0.692. The van der Waals surface area contributed by atoms with E-state index in [0.29, 0.717) is 5.92 Å². The average molecular weight is 234 g/mol. The Morgan fingerprint density at radius 3 is 2.59 bits per heavy atom. The van der Waals surface area contributed by atoms with Crippen LogP contribution in [0.3, 0.4) is 0 Å². The van der Waals surface area contributed by atoms with Crippen molar-refractivity contribution < 1.29 is 0 Å². The summed E-state index contributed by atoms with van der Waals surface area (Å²) in [5.74, 6) is 2.51. The van der Waals surface area contributed by atoms with Crippen molar-refractivity contribution in [2.75, 3.05) is 26.5 Å². The Balaban J connectivity index is 2.24. The molecule has 0 spiro atoms. The van der Waals surface area contributed by atoms with Crippen LogP contribution in [0.4, 0.5) is 5.82 Å². The number of hydrogen-bond donors (Lipinski definition) is 1. The molecule has 4 nitrogen and oxygen atoms in total. The highest BCUT2D eigenvalue weighted by Gasteiger charge is 2.19. The molecule has 1 aromatic rings. The zero-order valence-electron chi connectivity index (χ0n) is 11.0. The maximum absolute atomic E-state index is 4.71. The molecule has 2 rings (SSSR count). The van der Waals surface area contributed by atoms with Gasteiger partial charge in [0.05, 0.1) is 6.54 Å². The van der Waals surface area contributed by atoms with Crippen molar-refractivity contribution >= 4 is 5.82 Å². The molecule has 4 heteroatoms. The third kappa shape index (κ3) is 3.16. The molecule has 1 fully saturated rings. The highest BCUT2D eigenvalue weighted by atomic mass is 15.1. The molecule has 1 heterocycles. The molecule has 17 heavy (non-hydrogen) atoms. The number of anilines is 1. The molecule has 0 bridgehead atoms. The van der Waals surface area contributed by atoms with E-state index in [-0.39, 0.29) is 0 Å². The van der Waals surface area contributed by atoms with E-state index >= 15 is 0 Å². The summed E-state index contributed by atoms with van der Waals surface area (Å²) in [5.41, 5.74) is 1.22. The quantitative estimate of drug-likeness (QED) is 0.867. The van der Waals surface area contributed by atoms with E-state index in [1.54, 1.807) is 0 Å². The van der Waals surface area contributed by atoms with Crippen LogP contribution >= 0.6 is 0 Å². The standard InChI is InChI=1S/C13H22N4/c1-14-12-8-11(10-6-4-5-7-10)15-13(16-12)9-17(2)3/h8,10H,4-7,9H2,1-3H3,(H,14,15,16). The predicted molar refractivity (Wildman–Crippen MR) is 70.2 cm³/mol. The summed E-state index contributed by atoms with van der Waals surface area (Å²) >= 11 is 0. The van der Waals surface area contributed by atoms with Crippen molar-refractivity contribution in [2.45, 2.75) is 38.1 Å². The largest absolute Gasteiger partial charge is 0.373 e. The van der Waals surface area contributed by atoms with Crippen LogP contribution in [0.25, 0.3) is 0 Å². The molecule has 0 radical (unpaired) electrons. The van der Waals surface area contributed by atoms with Gasteiger partial charge in [0, 0.05) is 24.7 Å². The molecule has 1 aliphatic rings. The first-order valence-electron chi connectivity index (χ1n) is 6.39. The van der Waals surface area contributed by atoms with Gasteiger partial charge in [0.15, 0.2) is 0 Å². The lowest BCUT2D eigenvalue weighted by molar-refractivity contribution is 0.389. The van der Waals surface area contributed by atoms with Gasteiger partial charge < -0.3 is 10.2 Å². The summed E-state index contributed by atoms with van der Waals surface area (Å²) in [5, 5.41) is 3.13. The van der Waals surface area contributed by atoms with E-state index in [1.807, 2.05) is 21.1 Å². The SMILES string of the molecule is CNc1cc(C2CCCC2)nc(CN(C)C)n1. The Hall–Kier alpha value is -1.16. The third-order valence-electron chi connectivity index (χ3n) is 3.28. The molecule has 1 aromatic heterocycles. The van der Waals surface area contributed by atoms with Gasteiger partial charge in [-0.2, -0.15) is 0 Å². The van der Waals surface area contributed by atoms with Gasteiger partial charge in [0.1, 0.15) is 11.6 Å². The van der Waals surface area contributed by atoms with Crippen LogP contribution in [0.1, 0.15) is 43.1 Å². The molecule has 1 saturated carbocycles. The van der Waals surface area contributed by atoms with Crippen LogP contribution < -0.4 is 5.32 Å². The van der Waals surface area contributed by atoms with Gasteiger partial charge >= 0.3 is 0 Å². The van der Waals surface area contributed by atoms with Gasteiger partial charge in [0.25, 0.3) is 0 Å². The van der Waals surface area contributed by atoms with Crippen molar-refractivity contribution in [3.63, 3.8) is 0 Å². The number of aromatic nitrogens is 2. The first-order chi connectivity index (χ1) is 8.19. The molecule has 0 amide bonds. The second kappa shape index (κ2) is 5.45. The van der Waals surface area contributed by atoms with Crippen LogP contribution in [-0.2, 0) is 6.54 Å². The number of nitrogens with zero attached hydrogens (tertiary/aromatic N) is 3. The van der Waals surface area contributed by atoms with Gasteiger partial charge in [0.2, 0.25) is 0 Å². The molecule has 0 atom stereocenters. The summed E-state index contributed by atoms with van der Waals surface area (Å²) in [7, 11) is 6.01. The molecule has 0 aliphatic heterocycles. The molecule has 94 valence electrons. The minimum Gasteiger partial charge on any atom is -0.373 e. The van der Waals surface area contributed by atoms with Gasteiger partial charge in [-0.25, -0.2) is 9.97 Å². The maximum atomic E-state index is 4.71. The van der Waals surface area contributed by atoms with E-state index in [0.717, 1.165) is 18.2 Å². The van der Waals surface area contributed by atoms with Gasteiger partial charge in [-0.05, 0) is 26.9 Å². The lowest BCUT2D eigenvalue weighted by Gasteiger charge is -2.14. The lowest BCUT2D eigenvalue weighted by Crippen LogP contribution is -2.15. The Morgan fingerprint density at radius 1 is 1.29 bits per heavy atom. The Bertz CT molecular complexity index is 370. The van der Waals surface area contributed by atoms with Crippen LogP contribution in [0.5, 0.6) is 0 Å². The molecule has 1 N–H and O–H groups in total. The van der Waals surface area contributed by atoms with Crippen molar-refractivity contribution in [3.05, 3.63) is 17.6 Å². The second-order valence-electron chi connectivity index (χ2n) is 5.06. The molecule has 1 aliphatic carbocycles. The molecule has 0 unspecified atom stereocenters. The Labute approximate surface area is 103 Å². The van der Waals surface area contributed by atoms with Crippen LogP contribution in [0, 0.1) is 0 Å². The zero-order valence-corrected chi connectivity index (χ0v) is 11.0. The molecular weight excluding hydrogens is 212 g/mol. The predicted octanol–water partition coefficient (Wildman–Crippen LogP) is 2.24. The van der Waals surface area contributed by atoms with E-state index < -0.39 is 0 Å². The zero-order chi connectivity index (χ0) is 12.3. The summed E-state index contributed by atoms with van der Waals surface area (Å²) in [6.07, 6.45) is 5.24. The lowest BCUT2D eigenvalue weighted by atomic mass is 10.0. The number of hydrogen-bond acceptors (Lipinski definition) is 4. The first kappa shape index (κ1) is 12.3. The fourth-order valence-corrected chi connectivity index (χ4v) is 2.43. The van der Waals surface area contributed by atoms with Crippen LogP contribution in [0.2, 0.25) is 0 Å². The average Bonchev–Trinajstić information content (AvgIpc) is 2.81. The smallest absolute Gasteiger partial charge is 0.144 e. The topological polar surface area (TPSA) is 41.1 Å². The molecule has 0 aromatic carbocycles. The minimum atomic E-state index is 0.644. The highest BCUT2D eigenvalue weighted by Crippen LogP contribution is 2.33. The summed E-state index contributed by atoms with van der Waals surface area (Å²) in [6.45, 7) is 0.801. The van der Waals surface area contributed by atoms with E-state index in [2.05, 4.69) is 21.3 Å². The summed E-state index contributed by atoms with van der Waals surface area (Å²) in [4.78, 5) is 11.3. The Morgan fingerprint density at radius 2 is 2.00 bits per heavy atom. The first-order valence-corrected chi connectivity index (χ1v) is 6.39. The third-order valence-corrected chi connectivity index (χ3v) is 3.28. The van der Waals surface area contributed by atoms with E-state index in [4.69, 9.17) is 4.98 Å². The van der Waals surface area contributed by atoms with Crippen molar-refractivity contribution in [1.82, 2.24) is 14.9 Å². The number of rotatable bonds is 4. The Kier molecular flexibility index (Phi) is 3.94. The van der Waals surface area contributed by atoms with Gasteiger partial charge in [-0.1, -0.05) is 12.8 Å². The molecule has 0 saturated heterocycles. The van der Waals surface area contributed by atoms with E-state index in [9.17, 15) is 0 Å². The maximum Gasteiger partial charge on any atom is 0.144 e. The monoisotopic (exact) mass is 234 g/mol. The summed E-state index contributed by atoms with van der Waals surface area (Å²) < 4.78 is 0. The fourth-order valence-electron chi connectivity index (χ4n) is 2.43. The molecular formula is C13H22N4. The summed E-state index contributed by atoms with van der Waals surface area (Å²) in [6, 6.07) is 2.11. The minimum absolute atomic E-state index is 0.644. The van der Waals surface area contributed by atoms with Crippen LogP contribution in [-0.4, -0.2) is 36.0 Å². The van der Waals surface area contributed by atoms with Gasteiger partial charge in [-0.3, -0.25) is 0 Å². The van der Waals surface area contributed by atoms with E-state index in [1.165, 1.54) is 31.4 Å².